The van der Waals surface area contributed by atoms with Crippen molar-refractivity contribution in [3.05, 3.63) is 70.0 Å². The zero-order valence-electron chi connectivity index (χ0n) is 13.0. The van der Waals surface area contributed by atoms with Gasteiger partial charge in [-0.15, -0.1) is 0 Å². The molecule has 5 heteroatoms. The van der Waals surface area contributed by atoms with Crippen LogP contribution in [0.15, 0.2) is 42.5 Å². The molecule has 2 rings (SSSR count). The first kappa shape index (κ1) is 17.7. The Morgan fingerprint density at radius 1 is 1.04 bits per heavy atom. The first-order valence-corrected chi connectivity index (χ1v) is 8.34. The number of hydrogen-bond donors (Lipinski definition) is 2. The second-order valence-corrected chi connectivity index (χ2v) is 6.22. The lowest BCUT2D eigenvalue weighted by Crippen LogP contribution is -2.37. The van der Waals surface area contributed by atoms with Crippen molar-refractivity contribution in [2.75, 3.05) is 13.1 Å². The van der Waals surface area contributed by atoms with Gasteiger partial charge in [0.2, 0.25) is 0 Å². The molecule has 0 heterocycles. The molecule has 0 amide bonds. The predicted molar refractivity (Wildman–Crippen MR) is 98.6 cm³/mol. The summed E-state index contributed by atoms with van der Waals surface area (Å²) < 4.78 is 12.8. The minimum atomic E-state index is -0.214. The van der Waals surface area contributed by atoms with Crippen molar-refractivity contribution in [1.29, 1.82) is 0 Å². The second kappa shape index (κ2) is 8.85. The average Bonchev–Trinajstić information content (AvgIpc) is 2.51. The molecule has 0 aromatic heterocycles. The van der Waals surface area contributed by atoms with Crippen molar-refractivity contribution < 1.29 is 4.39 Å². The van der Waals surface area contributed by atoms with Crippen molar-refractivity contribution in [2.45, 2.75) is 19.8 Å². The van der Waals surface area contributed by atoms with E-state index in [1.54, 1.807) is 12.1 Å². The summed E-state index contributed by atoms with van der Waals surface area (Å²) in [7, 11) is 0. The van der Waals surface area contributed by atoms with Gasteiger partial charge in [0, 0.05) is 18.1 Å². The molecule has 0 saturated carbocycles. The highest BCUT2D eigenvalue weighted by molar-refractivity contribution is 7.80. The minimum Gasteiger partial charge on any atom is -0.362 e. The fourth-order valence-corrected chi connectivity index (χ4v) is 2.73. The third-order valence-electron chi connectivity index (χ3n) is 3.50. The highest BCUT2D eigenvalue weighted by Gasteiger charge is 2.01. The third kappa shape index (κ3) is 6.16. The zero-order valence-corrected chi connectivity index (χ0v) is 14.6. The Bertz CT molecular complexity index is 659. The van der Waals surface area contributed by atoms with Gasteiger partial charge in [0.15, 0.2) is 5.11 Å². The standard InChI is InChI=1S/C18H20ClFN2S/c1-13-2-5-15(17(19)12-13)9-11-22-18(23)21-10-8-14-3-6-16(20)7-4-14/h2-7,12H,8-11H2,1H3,(H2,21,22,23). The van der Waals surface area contributed by atoms with Crippen LogP contribution in [0.25, 0.3) is 0 Å². The van der Waals surface area contributed by atoms with Crippen LogP contribution in [0.5, 0.6) is 0 Å². The van der Waals surface area contributed by atoms with E-state index in [9.17, 15) is 4.39 Å². The maximum absolute atomic E-state index is 12.8. The van der Waals surface area contributed by atoms with Crippen LogP contribution in [0.2, 0.25) is 5.02 Å². The number of aryl methyl sites for hydroxylation is 1. The number of hydrogen-bond acceptors (Lipinski definition) is 1. The summed E-state index contributed by atoms with van der Waals surface area (Å²) in [6.45, 7) is 3.46. The van der Waals surface area contributed by atoms with Crippen molar-refractivity contribution in [2.24, 2.45) is 0 Å². The van der Waals surface area contributed by atoms with Gasteiger partial charge in [0.05, 0.1) is 0 Å². The van der Waals surface area contributed by atoms with Crippen LogP contribution in [0.4, 0.5) is 4.39 Å². The number of rotatable bonds is 6. The van der Waals surface area contributed by atoms with Crippen LogP contribution in [-0.2, 0) is 12.8 Å². The van der Waals surface area contributed by atoms with Crippen molar-refractivity contribution in [3.8, 4) is 0 Å². The predicted octanol–water partition coefficient (Wildman–Crippen LogP) is 4.04. The Morgan fingerprint density at radius 3 is 2.35 bits per heavy atom. The maximum atomic E-state index is 12.8. The molecule has 0 aliphatic rings. The lowest BCUT2D eigenvalue weighted by Gasteiger charge is -2.11. The summed E-state index contributed by atoms with van der Waals surface area (Å²) in [5.74, 6) is -0.214. The summed E-state index contributed by atoms with van der Waals surface area (Å²) in [5.41, 5.74) is 3.34. The molecule has 0 bridgehead atoms. The van der Waals surface area contributed by atoms with Gasteiger partial charge in [-0.05, 0) is 66.9 Å². The third-order valence-corrected chi connectivity index (χ3v) is 4.14. The Morgan fingerprint density at radius 2 is 1.70 bits per heavy atom. The average molecular weight is 351 g/mol. The van der Waals surface area contributed by atoms with E-state index in [2.05, 4.69) is 16.7 Å². The number of thiocarbonyl (C=S) groups is 1. The largest absolute Gasteiger partial charge is 0.362 e. The summed E-state index contributed by atoms with van der Waals surface area (Å²) in [6, 6.07) is 12.6. The lowest BCUT2D eigenvalue weighted by atomic mass is 10.1. The van der Waals surface area contributed by atoms with Crippen LogP contribution in [0, 0.1) is 12.7 Å². The Labute approximate surface area is 147 Å². The van der Waals surface area contributed by atoms with Gasteiger partial charge in [0.25, 0.3) is 0 Å². The van der Waals surface area contributed by atoms with E-state index in [1.165, 1.54) is 12.1 Å². The van der Waals surface area contributed by atoms with Crippen LogP contribution in [0.1, 0.15) is 16.7 Å². The number of nitrogens with one attached hydrogen (secondary N) is 2. The summed E-state index contributed by atoms with van der Waals surface area (Å²) in [5, 5.41) is 7.73. The summed E-state index contributed by atoms with van der Waals surface area (Å²) in [4.78, 5) is 0. The topological polar surface area (TPSA) is 24.1 Å². The molecule has 0 fully saturated rings. The van der Waals surface area contributed by atoms with E-state index in [4.69, 9.17) is 23.8 Å². The minimum absolute atomic E-state index is 0.214. The van der Waals surface area contributed by atoms with E-state index >= 15 is 0 Å². The molecule has 0 unspecified atom stereocenters. The molecular weight excluding hydrogens is 331 g/mol. The second-order valence-electron chi connectivity index (χ2n) is 5.40. The zero-order chi connectivity index (χ0) is 16.7. The normalized spacial score (nSPS) is 10.4. The van der Waals surface area contributed by atoms with Gasteiger partial charge < -0.3 is 10.6 Å². The van der Waals surface area contributed by atoms with E-state index in [0.717, 1.165) is 41.1 Å². The molecule has 0 atom stereocenters. The van der Waals surface area contributed by atoms with E-state index in [0.29, 0.717) is 11.7 Å². The molecule has 0 spiro atoms. The molecule has 0 aliphatic carbocycles. The smallest absolute Gasteiger partial charge is 0.166 e. The molecule has 0 aliphatic heterocycles. The van der Waals surface area contributed by atoms with Crippen LogP contribution in [0.3, 0.4) is 0 Å². The highest BCUT2D eigenvalue weighted by Crippen LogP contribution is 2.17. The molecule has 2 N–H and O–H groups in total. The van der Waals surface area contributed by atoms with Gasteiger partial charge >= 0.3 is 0 Å². The van der Waals surface area contributed by atoms with Gasteiger partial charge in [-0.3, -0.25) is 0 Å². The molecule has 2 aromatic rings. The van der Waals surface area contributed by atoms with Crippen molar-refractivity contribution in [1.82, 2.24) is 10.6 Å². The van der Waals surface area contributed by atoms with Crippen LogP contribution in [-0.4, -0.2) is 18.2 Å². The first-order chi connectivity index (χ1) is 11.0. The molecule has 23 heavy (non-hydrogen) atoms. The maximum Gasteiger partial charge on any atom is 0.166 e. The van der Waals surface area contributed by atoms with Crippen LogP contribution >= 0.6 is 23.8 Å². The molecule has 2 aromatic carbocycles. The van der Waals surface area contributed by atoms with E-state index < -0.39 is 0 Å². The monoisotopic (exact) mass is 350 g/mol. The quantitative estimate of drug-likeness (QED) is 0.769. The van der Waals surface area contributed by atoms with Crippen molar-refractivity contribution in [3.63, 3.8) is 0 Å². The van der Waals surface area contributed by atoms with Gasteiger partial charge in [-0.1, -0.05) is 35.9 Å². The van der Waals surface area contributed by atoms with Crippen molar-refractivity contribution >= 4 is 28.9 Å². The number of benzene rings is 2. The fourth-order valence-electron chi connectivity index (χ4n) is 2.20. The highest BCUT2D eigenvalue weighted by atomic mass is 35.5. The SMILES string of the molecule is Cc1ccc(CCNC(=S)NCCc2ccc(F)cc2)c(Cl)c1. The Kier molecular flexibility index (Phi) is 6.81. The van der Waals surface area contributed by atoms with Gasteiger partial charge in [-0.2, -0.15) is 0 Å². The van der Waals surface area contributed by atoms with E-state index in [1.807, 2.05) is 19.1 Å². The molecule has 2 nitrogen and oxygen atoms in total. The van der Waals surface area contributed by atoms with Gasteiger partial charge in [-0.25, -0.2) is 4.39 Å². The van der Waals surface area contributed by atoms with Gasteiger partial charge in [0.1, 0.15) is 5.82 Å². The Hall–Kier alpha value is -1.65. The molecule has 0 radical (unpaired) electrons. The van der Waals surface area contributed by atoms with Crippen LogP contribution < -0.4 is 10.6 Å². The summed E-state index contributed by atoms with van der Waals surface area (Å²) in [6.07, 6.45) is 1.62. The molecule has 122 valence electrons. The fraction of sp³-hybridized carbons (Fsp3) is 0.278. The first-order valence-electron chi connectivity index (χ1n) is 7.56. The molecular formula is C18H20ClFN2S. The van der Waals surface area contributed by atoms with E-state index in [-0.39, 0.29) is 5.82 Å². The lowest BCUT2D eigenvalue weighted by molar-refractivity contribution is 0.627. The molecule has 0 saturated heterocycles. The number of halogens is 2. The summed E-state index contributed by atoms with van der Waals surface area (Å²) >= 11 is 11.4. The Balaban J connectivity index is 1.66.